The highest BCUT2D eigenvalue weighted by atomic mass is 16.5. The third kappa shape index (κ3) is 4.14. The Kier molecular flexibility index (Phi) is 5.08. The van der Waals surface area contributed by atoms with Crippen LogP contribution >= 0.6 is 0 Å². The lowest BCUT2D eigenvalue weighted by molar-refractivity contribution is -0.139. The number of nitrogens with one attached hydrogen (secondary N) is 1. The Morgan fingerprint density at radius 2 is 2.25 bits per heavy atom. The number of para-hydroxylation sites is 1. The molecule has 2 N–H and O–H groups in total. The number of carbonyl (C=O) groups excluding carboxylic acids is 1. The zero-order chi connectivity index (χ0) is 11.8. The van der Waals surface area contributed by atoms with Crippen molar-refractivity contribution in [1.29, 1.82) is 0 Å². The van der Waals surface area contributed by atoms with Crippen LogP contribution in [0.4, 0.5) is 0 Å². The number of hydrogen-bond acceptors (Lipinski definition) is 4. The largest absolute Gasteiger partial charge is 0.507 e. The molecule has 0 unspecified atom stereocenters. The summed E-state index contributed by atoms with van der Waals surface area (Å²) in [6.45, 7) is 0.727. The number of carbonyl (C=O) groups is 1. The van der Waals surface area contributed by atoms with Crippen molar-refractivity contribution in [3.63, 3.8) is 0 Å². The monoisotopic (exact) mass is 221 g/mol. The summed E-state index contributed by atoms with van der Waals surface area (Å²) in [5, 5.41) is 12.3. The maximum atomic E-state index is 10.8. The molecule has 0 aliphatic carbocycles. The molecule has 4 heteroatoms. The lowest BCUT2D eigenvalue weighted by Crippen LogP contribution is -2.23. The summed E-state index contributed by atoms with van der Waals surface area (Å²) >= 11 is 0. The van der Waals surface area contributed by atoms with E-state index in [4.69, 9.17) is 0 Å². The molecule has 0 saturated heterocycles. The van der Waals surface area contributed by atoms with Gasteiger partial charge in [0.25, 0.3) is 0 Å². The first kappa shape index (κ1) is 12.3. The highest BCUT2D eigenvalue weighted by Gasteiger charge is 1.96. The van der Waals surface area contributed by atoms with Gasteiger partial charge in [-0.3, -0.25) is 4.79 Å². The Labute approximate surface area is 94.6 Å². The quantitative estimate of drug-likeness (QED) is 0.579. The minimum Gasteiger partial charge on any atom is -0.507 e. The molecular weight excluding hydrogens is 206 g/mol. The lowest BCUT2D eigenvalue weighted by atomic mass is 10.2. The lowest BCUT2D eigenvalue weighted by Gasteiger charge is -1.99. The van der Waals surface area contributed by atoms with Crippen molar-refractivity contribution in [1.82, 2.24) is 5.32 Å². The van der Waals surface area contributed by atoms with Crippen LogP contribution in [0.1, 0.15) is 5.56 Å². The molecule has 0 heterocycles. The molecule has 16 heavy (non-hydrogen) atoms. The van der Waals surface area contributed by atoms with Crippen LogP contribution in [0.2, 0.25) is 0 Å². The van der Waals surface area contributed by atoms with Crippen molar-refractivity contribution < 1.29 is 14.6 Å². The van der Waals surface area contributed by atoms with Gasteiger partial charge in [0.2, 0.25) is 0 Å². The van der Waals surface area contributed by atoms with E-state index >= 15 is 0 Å². The standard InChI is InChI=1S/C12H15NO3/c1-16-12(15)9-13-8-4-6-10-5-2-3-7-11(10)14/h2-7,13-14H,8-9H2,1H3/b6-4+. The van der Waals surface area contributed by atoms with Gasteiger partial charge in [0.05, 0.1) is 13.7 Å². The van der Waals surface area contributed by atoms with Gasteiger partial charge in [-0.05, 0) is 6.07 Å². The van der Waals surface area contributed by atoms with Crippen LogP contribution < -0.4 is 5.32 Å². The van der Waals surface area contributed by atoms with Crippen LogP contribution in [-0.2, 0) is 9.53 Å². The van der Waals surface area contributed by atoms with Crippen molar-refractivity contribution in [2.45, 2.75) is 0 Å². The topological polar surface area (TPSA) is 58.6 Å². The molecule has 1 aromatic rings. The smallest absolute Gasteiger partial charge is 0.319 e. The van der Waals surface area contributed by atoms with E-state index in [1.165, 1.54) is 7.11 Å². The molecule has 0 bridgehead atoms. The number of phenols is 1. The number of ether oxygens (including phenoxy) is 1. The van der Waals surface area contributed by atoms with Crippen molar-refractivity contribution >= 4 is 12.0 Å². The van der Waals surface area contributed by atoms with E-state index in [0.29, 0.717) is 6.54 Å². The van der Waals surface area contributed by atoms with Gasteiger partial charge in [-0.25, -0.2) is 0 Å². The second-order valence-electron chi connectivity index (χ2n) is 3.17. The fraction of sp³-hybridized carbons (Fsp3) is 0.250. The minimum atomic E-state index is -0.295. The number of hydrogen-bond donors (Lipinski definition) is 2. The van der Waals surface area contributed by atoms with Crippen molar-refractivity contribution in [2.75, 3.05) is 20.2 Å². The SMILES string of the molecule is COC(=O)CNC/C=C/c1ccccc1O. The van der Waals surface area contributed by atoms with Crippen LogP contribution in [-0.4, -0.2) is 31.3 Å². The molecule has 86 valence electrons. The van der Waals surface area contributed by atoms with Gasteiger partial charge in [0.1, 0.15) is 5.75 Å². The van der Waals surface area contributed by atoms with Gasteiger partial charge in [-0.2, -0.15) is 0 Å². The minimum absolute atomic E-state index is 0.182. The molecule has 0 aliphatic heterocycles. The molecule has 0 radical (unpaired) electrons. The number of esters is 1. The Balaban J connectivity index is 2.33. The van der Waals surface area contributed by atoms with E-state index in [-0.39, 0.29) is 18.3 Å². The second kappa shape index (κ2) is 6.63. The first-order chi connectivity index (χ1) is 7.74. The summed E-state index contributed by atoms with van der Waals surface area (Å²) in [7, 11) is 1.35. The maximum absolute atomic E-state index is 10.8. The number of phenolic OH excluding ortho intramolecular Hbond substituents is 1. The normalized spacial score (nSPS) is 10.6. The summed E-state index contributed by atoms with van der Waals surface area (Å²) < 4.78 is 4.47. The molecule has 0 fully saturated rings. The van der Waals surface area contributed by atoms with Crippen LogP contribution in [0, 0.1) is 0 Å². The third-order valence-corrected chi connectivity index (χ3v) is 1.99. The molecule has 0 saturated carbocycles. The molecule has 1 rings (SSSR count). The number of methoxy groups -OCH3 is 1. The summed E-state index contributed by atoms with van der Waals surface area (Å²) in [5.74, 6) is -0.0531. The number of benzene rings is 1. The average molecular weight is 221 g/mol. The van der Waals surface area contributed by atoms with Crippen molar-refractivity contribution in [2.24, 2.45) is 0 Å². The van der Waals surface area contributed by atoms with Gasteiger partial charge in [-0.15, -0.1) is 0 Å². The van der Waals surface area contributed by atoms with E-state index in [9.17, 15) is 9.90 Å². The molecule has 4 nitrogen and oxygen atoms in total. The number of rotatable bonds is 5. The molecular formula is C12H15NO3. The average Bonchev–Trinajstić information content (AvgIpc) is 2.30. The fourth-order valence-corrected chi connectivity index (χ4v) is 1.14. The predicted octanol–water partition coefficient (Wildman–Crippen LogP) is 1.17. The van der Waals surface area contributed by atoms with Crippen LogP contribution in [0.15, 0.2) is 30.3 Å². The van der Waals surface area contributed by atoms with Crippen molar-refractivity contribution in [3.8, 4) is 5.75 Å². The summed E-state index contributed by atoms with van der Waals surface area (Å²) in [5.41, 5.74) is 0.752. The Morgan fingerprint density at radius 3 is 2.94 bits per heavy atom. The van der Waals surface area contributed by atoms with Crippen molar-refractivity contribution in [3.05, 3.63) is 35.9 Å². The summed E-state index contributed by atoms with van der Waals surface area (Å²) in [6.07, 6.45) is 3.62. The zero-order valence-corrected chi connectivity index (χ0v) is 9.14. The van der Waals surface area contributed by atoms with E-state index in [1.807, 2.05) is 18.2 Å². The first-order valence-electron chi connectivity index (χ1n) is 4.96. The van der Waals surface area contributed by atoms with Crippen LogP contribution in [0.25, 0.3) is 6.08 Å². The molecule has 0 aliphatic rings. The van der Waals surface area contributed by atoms with Gasteiger partial charge in [0, 0.05) is 12.1 Å². The van der Waals surface area contributed by atoms with E-state index < -0.39 is 0 Å². The molecule has 0 atom stereocenters. The number of aromatic hydroxyl groups is 1. The molecule has 1 aromatic carbocycles. The Hall–Kier alpha value is -1.81. The maximum Gasteiger partial charge on any atom is 0.319 e. The first-order valence-corrected chi connectivity index (χ1v) is 4.96. The van der Waals surface area contributed by atoms with E-state index in [2.05, 4.69) is 10.1 Å². The molecule has 0 spiro atoms. The summed E-state index contributed by atoms with van der Waals surface area (Å²) in [4.78, 5) is 10.8. The van der Waals surface area contributed by atoms with Crippen LogP contribution in [0.3, 0.4) is 0 Å². The molecule has 0 aromatic heterocycles. The van der Waals surface area contributed by atoms with Gasteiger partial charge in [-0.1, -0.05) is 30.4 Å². The second-order valence-corrected chi connectivity index (χ2v) is 3.17. The Bertz CT molecular complexity index is 374. The highest BCUT2D eigenvalue weighted by Crippen LogP contribution is 2.16. The predicted molar refractivity (Wildman–Crippen MR) is 62.0 cm³/mol. The third-order valence-electron chi connectivity index (χ3n) is 1.99. The highest BCUT2D eigenvalue weighted by molar-refractivity contribution is 5.71. The van der Waals surface area contributed by atoms with Gasteiger partial charge >= 0.3 is 5.97 Å². The fourth-order valence-electron chi connectivity index (χ4n) is 1.14. The van der Waals surface area contributed by atoms with Gasteiger partial charge in [0.15, 0.2) is 0 Å². The molecule has 0 amide bonds. The zero-order valence-electron chi connectivity index (χ0n) is 9.14. The van der Waals surface area contributed by atoms with E-state index in [0.717, 1.165) is 5.56 Å². The van der Waals surface area contributed by atoms with Crippen LogP contribution in [0.5, 0.6) is 5.75 Å². The summed E-state index contributed by atoms with van der Waals surface area (Å²) in [6, 6.07) is 7.05. The van der Waals surface area contributed by atoms with E-state index in [1.54, 1.807) is 18.2 Å². The van der Waals surface area contributed by atoms with Gasteiger partial charge < -0.3 is 15.2 Å². The Morgan fingerprint density at radius 1 is 1.50 bits per heavy atom.